The minimum atomic E-state index is -0.293. The minimum Gasteiger partial charge on any atom is -0.328 e. The van der Waals surface area contributed by atoms with E-state index in [-0.39, 0.29) is 17.5 Å². The molecule has 0 saturated carbocycles. The van der Waals surface area contributed by atoms with Crippen LogP contribution in [0.1, 0.15) is 10.4 Å². The largest absolute Gasteiger partial charge is 0.328 e. The first-order valence-corrected chi connectivity index (χ1v) is 4.89. The standard InChI is InChI=1S/C10H8Cl2N2O/c1-14(5-4-13)10(15)8-3-2-7(11)6-9(8)12/h2-3,6H,5H2,1H3. The van der Waals surface area contributed by atoms with Gasteiger partial charge in [-0.2, -0.15) is 5.26 Å². The van der Waals surface area contributed by atoms with E-state index >= 15 is 0 Å². The first-order chi connectivity index (χ1) is 7.06. The maximum atomic E-state index is 11.7. The Balaban J connectivity index is 2.97. The van der Waals surface area contributed by atoms with Crippen molar-refractivity contribution < 1.29 is 4.79 Å². The molecule has 0 radical (unpaired) electrons. The molecule has 0 fully saturated rings. The van der Waals surface area contributed by atoms with Gasteiger partial charge in [0, 0.05) is 12.1 Å². The minimum absolute atomic E-state index is 0.0256. The number of carbonyl (C=O) groups is 1. The summed E-state index contributed by atoms with van der Waals surface area (Å²) in [6.45, 7) is 0.0256. The first-order valence-electron chi connectivity index (χ1n) is 4.13. The summed E-state index contributed by atoms with van der Waals surface area (Å²) in [4.78, 5) is 13.0. The fourth-order valence-corrected chi connectivity index (χ4v) is 1.54. The van der Waals surface area contributed by atoms with E-state index in [9.17, 15) is 4.79 Å². The number of rotatable bonds is 2. The van der Waals surface area contributed by atoms with Crippen LogP contribution < -0.4 is 0 Å². The molecule has 0 atom stereocenters. The zero-order valence-electron chi connectivity index (χ0n) is 8.00. The summed E-state index contributed by atoms with van der Waals surface area (Å²) in [7, 11) is 1.54. The molecule has 1 rings (SSSR count). The third kappa shape index (κ3) is 2.85. The van der Waals surface area contributed by atoms with Gasteiger partial charge in [0.15, 0.2) is 0 Å². The molecule has 0 N–H and O–H groups in total. The molecule has 1 amide bonds. The molecule has 15 heavy (non-hydrogen) atoms. The molecular weight excluding hydrogens is 235 g/mol. The van der Waals surface area contributed by atoms with Gasteiger partial charge < -0.3 is 4.90 Å². The number of carbonyl (C=O) groups excluding carboxylic acids is 1. The van der Waals surface area contributed by atoms with Crippen molar-refractivity contribution in [2.24, 2.45) is 0 Å². The van der Waals surface area contributed by atoms with Crippen molar-refractivity contribution in [3.63, 3.8) is 0 Å². The van der Waals surface area contributed by atoms with Crippen molar-refractivity contribution in [3.8, 4) is 6.07 Å². The van der Waals surface area contributed by atoms with Crippen LogP contribution >= 0.6 is 23.2 Å². The molecular formula is C10H8Cl2N2O. The van der Waals surface area contributed by atoms with Crippen LogP contribution in [0.2, 0.25) is 10.0 Å². The molecule has 0 spiro atoms. The van der Waals surface area contributed by atoms with Crippen molar-refractivity contribution in [3.05, 3.63) is 33.8 Å². The van der Waals surface area contributed by atoms with Gasteiger partial charge in [0.05, 0.1) is 16.7 Å². The predicted octanol–water partition coefficient (Wildman–Crippen LogP) is 2.59. The van der Waals surface area contributed by atoms with Gasteiger partial charge in [-0.05, 0) is 18.2 Å². The summed E-state index contributed by atoms with van der Waals surface area (Å²) in [5, 5.41) is 9.21. The van der Waals surface area contributed by atoms with Gasteiger partial charge in [-0.3, -0.25) is 4.79 Å². The highest BCUT2D eigenvalue weighted by molar-refractivity contribution is 6.36. The average molecular weight is 243 g/mol. The van der Waals surface area contributed by atoms with E-state index in [0.717, 1.165) is 0 Å². The number of nitrogens with zero attached hydrogens (tertiary/aromatic N) is 2. The lowest BCUT2D eigenvalue weighted by atomic mass is 10.2. The van der Waals surface area contributed by atoms with E-state index in [2.05, 4.69) is 0 Å². The van der Waals surface area contributed by atoms with Crippen LogP contribution in [0.25, 0.3) is 0 Å². The molecule has 1 aromatic rings. The van der Waals surface area contributed by atoms with Crippen LogP contribution in [0.3, 0.4) is 0 Å². The average Bonchev–Trinajstić information content (AvgIpc) is 2.17. The van der Waals surface area contributed by atoms with E-state index in [1.165, 1.54) is 18.0 Å². The Morgan fingerprint density at radius 2 is 2.20 bits per heavy atom. The Hall–Kier alpha value is -1.24. The molecule has 78 valence electrons. The highest BCUT2D eigenvalue weighted by atomic mass is 35.5. The van der Waals surface area contributed by atoms with Gasteiger partial charge in [-0.25, -0.2) is 0 Å². The fraction of sp³-hybridized carbons (Fsp3) is 0.200. The molecule has 0 aliphatic rings. The Labute approximate surface area is 97.8 Å². The van der Waals surface area contributed by atoms with Gasteiger partial charge in [-0.15, -0.1) is 0 Å². The van der Waals surface area contributed by atoms with E-state index in [1.54, 1.807) is 12.1 Å². The normalized spacial score (nSPS) is 9.47. The van der Waals surface area contributed by atoms with Crippen LogP contribution in [0.4, 0.5) is 0 Å². The number of amides is 1. The van der Waals surface area contributed by atoms with Crippen molar-refractivity contribution >= 4 is 29.1 Å². The van der Waals surface area contributed by atoms with Crippen LogP contribution in [-0.4, -0.2) is 24.4 Å². The van der Waals surface area contributed by atoms with Crippen molar-refractivity contribution in [1.29, 1.82) is 5.26 Å². The number of hydrogen-bond donors (Lipinski definition) is 0. The molecule has 0 heterocycles. The predicted molar refractivity (Wildman–Crippen MR) is 59.0 cm³/mol. The highest BCUT2D eigenvalue weighted by Gasteiger charge is 2.14. The first kappa shape index (κ1) is 11.8. The Bertz CT molecular complexity index is 426. The summed E-state index contributed by atoms with van der Waals surface area (Å²) in [5.41, 5.74) is 0.346. The Morgan fingerprint density at radius 1 is 1.53 bits per heavy atom. The van der Waals surface area contributed by atoms with E-state index < -0.39 is 0 Å². The molecule has 0 saturated heterocycles. The van der Waals surface area contributed by atoms with Crippen LogP contribution in [0.5, 0.6) is 0 Å². The second-order valence-corrected chi connectivity index (χ2v) is 3.79. The van der Waals surface area contributed by atoms with E-state index in [0.29, 0.717) is 10.6 Å². The molecule has 0 aromatic heterocycles. The van der Waals surface area contributed by atoms with Crippen LogP contribution in [-0.2, 0) is 0 Å². The number of nitriles is 1. The second kappa shape index (κ2) is 5.01. The van der Waals surface area contributed by atoms with Gasteiger partial charge >= 0.3 is 0 Å². The molecule has 0 unspecified atom stereocenters. The summed E-state index contributed by atoms with van der Waals surface area (Å²) >= 11 is 11.6. The molecule has 5 heteroatoms. The summed E-state index contributed by atoms with van der Waals surface area (Å²) in [5.74, 6) is -0.293. The number of halogens is 2. The van der Waals surface area contributed by atoms with E-state index in [1.807, 2.05) is 6.07 Å². The third-order valence-corrected chi connectivity index (χ3v) is 2.36. The summed E-state index contributed by atoms with van der Waals surface area (Å²) in [6.07, 6.45) is 0. The summed E-state index contributed by atoms with van der Waals surface area (Å²) in [6, 6.07) is 6.51. The number of benzene rings is 1. The van der Waals surface area contributed by atoms with Crippen molar-refractivity contribution in [2.45, 2.75) is 0 Å². The Kier molecular flexibility index (Phi) is 3.96. The Morgan fingerprint density at radius 3 is 2.73 bits per heavy atom. The quantitative estimate of drug-likeness (QED) is 0.749. The van der Waals surface area contributed by atoms with Crippen LogP contribution in [0, 0.1) is 11.3 Å². The van der Waals surface area contributed by atoms with Gasteiger partial charge in [0.1, 0.15) is 6.54 Å². The lowest BCUT2D eigenvalue weighted by molar-refractivity contribution is 0.0812. The lowest BCUT2D eigenvalue weighted by Gasteiger charge is -2.13. The monoisotopic (exact) mass is 242 g/mol. The third-order valence-electron chi connectivity index (χ3n) is 1.82. The zero-order valence-corrected chi connectivity index (χ0v) is 9.51. The lowest BCUT2D eigenvalue weighted by Crippen LogP contribution is -2.27. The maximum absolute atomic E-state index is 11.7. The molecule has 0 aliphatic carbocycles. The van der Waals surface area contributed by atoms with E-state index in [4.69, 9.17) is 28.5 Å². The fourth-order valence-electron chi connectivity index (χ4n) is 1.05. The molecule has 3 nitrogen and oxygen atoms in total. The van der Waals surface area contributed by atoms with Crippen LogP contribution in [0.15, 0.2) is 18.2 Å². The maximum Gasteiger partial charge on any atom is 0.255 e. The van der Waals surface area contributed by atoms with Gasteiger partial charge in [0.2, 0.25) is 0 Å². The topological polar surface area (TPSA) is 44.1 Å². The SMILES string of the molecule is CN(CC#N)C(=O)c1ccc(Cl)cc1Cl. The second-order valence-electron chi connectivity index (χ2n) is 2.94. The molecule has 1 aromatic carbocycles. The van der Waals surface area contributed by atoms with Crippen molar-refractivity contribution in [2.75, 3.05) is 13.6 Å². The van der Waals surface area contributed by atoms with Gasteiger partial charge in [0.25, 0.3) is 5.91 Å². The molecule has 0 bridgehead atoms. The number of hydrogen-bond acceptors (Lipinski definition) is 2. The van der Waals surface area contributed by atoms with Crippen molar-refractivity contribution in [1.82, 2.24) is 4.90 Å². The summed E-state index contributed by atoms with van der Waals surface area (Å²) < 4.78 is 0. The smallest absolute Gasteiger partial charge is 0.255 e. The molecule has 0 aliphatic heterocycles. The zero-order chi connectivity index (χ0) is 11.4. The van der Waals surface area contributed by atoms with Gasteiger partial charge in [-0.1, -0.05) is 23.2 Å². The highest BCUT2D eigenvalue weighted by Crippen LogP contribution is 2.21.